The lowest BCUT2D eigenvalue weighted by Crippen LogP contribution is -2.42. The SMILES string of the molecule is Cc1ccc(/C(O)=C2/C(=O)CN(C(C)(C)C)C2=O)cc1. The Kier molecular flexibility index (Phi) is 3.42. The number of amides is 1. The van der Waals surface area contributed by atoms with Gasteiger partial charge in [-0.25, -0.2) is 0 Å². The molecule has 1 saturated heterocycles. The van der Waals surface area contributed by atoms with Gasteiger partial charge in [-0.1, -0.05) is 29.8 Å². The lowest BCUT2D eigenvalue weighted by Gasteiger charge is -2.30. The van der Waals surface area contributed by atoms with Crippen LogP contribution in [0, 0.1) is 6.92 Å². The monoisotopic (exact) mass is 273 g/mol. The normalized spacial score (nSPS) is 18.7. The summed E-state index contributed by atoms with van der Waals surface area (Å²) in [5, 5.41) is 10.2. The van der Waals surface area contributed by atoms with E-state index in [2.05, 4.69) is 0 Å². The van der Waals surface area contributed by atoms with E-state index in [0.717, 1.165) is 5.56 Å². The zero-order chi connectivity index (χ0) is 15.1. The first kappa shape index (κ1) is 14.3. The van der Waals surface area contributed by atoms with Crippen molar-refractivity contribution in [3.05, 3.63) is 41.0 Å². The maximum absolute atomic E-state index is 12.3. The van der Waals surface area contributed by atoms with Crippen molar-refractivity contribution in [3.8, 4) is 0 Å². The standard InChI is InChI=1S/C16H19NO3/c1-10-5-7-11(8-6-10)14(19)13-12(18)9-17(15(13)20)16(2,3)4/h5-8,19H,9H2,1-4H3/b14-13+. The topological polar surface area (TPSA) is 57.6 Å². The van der Waals surface area contributed by atoms with Crippen molar-refractivity contribution in [1.82, 2.24) is 4.90 Å². The molecule has 0 unspecified atom stereocenters. The average molecular weight is 273 g/mol. The van der Waals surface area contributed by atoms with Gasteiger partial charge in [-0.15, -0.1) is 0 Å². The molecule has 0 bridgehead atoms. The smallest absolute Gasteiger partial charge is 0.262 e. The minimum Gasteiger partial charge on any atom is -0.506 e. The van der Waals surface area contributed by atoms with Gasteiger partial charge in [0.25, 0.3) is 5.91 Å². The summed E-state index contributed by atoms with van der Waals surface area (Å²) in [6, 6.07) is 7.07. The third-order valence-corrected chi connectivity index (χ3v) is 3.41. The van der Waals surface area contributed by atoms with Crippen LogP contribution in [-0.4, -0.2) is 33.8 Å². The van der Waals surface area contributed by atoms with Crippen LogP contribution < -0.4 is 0 Å². The molecule has 0 aromatic heterocycles. The van der Waals surface area contributed by atoms with Gasteiger partial charge in [0, 0.05) is 11.1 Å². The number of hydrogen-bond acceptors (Lipinski definition) is 3. The fourth-order valence-electron chi connectivity index (χ4n) is 2.18. The lowest BCUT2D eigenvalue weighted by molar-refractivity contribution is -0.129. The zero-order valence-corrected chi connectivity index (χ0v) is 12.2. The van der Waals surface area contributed by atoms with E-state index in [0.29, 0.717) is 5.56 Å². The van der Waals surface area contributed by atoms with Crippen molar-refractivity contribution < 1.29 is 14.7 Å². The van der Waals surface area contributed by atoms with Gasteiger partial charge in [-0.2, -0.15) is 0 Å². The Morgan fingerprint density at radius 3 is 2.15 bits per heavy atom. The van der Waals surface area contributed by atoms with Crippen LogP contribution in [0.1, 0.15) is 31.9 Å². The quantitative estimate of drug-likeness (QED) is 0.486. The highest BCUT2D eigenvalue weighted by Gasteiger charge is 2.41. The number of ketones is 1. The summed E-state index contributed by atoms with van der Waals surface area (Å²) in [6.07, 6.45) is 0. The number of rotatable bonds is 1. The summed E-state index contributed by atoms with van der Waals surface area (Å²) in [5.74, 6) is -0.963. The Labute approximate surface area is 118 Å². The first-order chi connectivity index (χ1) is 9.21. The fourth-order valence-corrected chi connectivity index (χ4v) is 2.18. The van der Waals surface area contributed by atoms with E-state index in [9.17, 15) is 14.7 Å². The fraction of sp³-hybridized carbons (Fsp3) is 0.375. The molecule has 0 atom stereocenters. The van der Waals surface area contributed by atoms with Crippen LogP contribution in [0.15, 0.2) is 29.8 Å². The highest BCUT2D eigenvalue weighted by molar-refractivity contribution is 6.28. The molecule has 4 heteroatoms. The Hall–Kier alpha value is -2.10. The third kappa shape index (κ3) is 2.46. The van der Waals surface area contributed by atoms with Crippen molar-refractivity contribution in [3.63, 3.8) is 0 Å². The molecule has 1 aromatic carbocycles. The molecule has 0 aliphatic carbocycles. The van der Waals surface area contributed by atoms with E-state index < -0.39 is 11.4 Å². The molecule has 1 amide bonds. The minimum absolute atomic E-state index is 0.0214. The second-order valence-electron chi connectivity index (χ2n) is 6.07. The molecule has 4 nitrogen and oxygen atoms in total. The van der Waals surface area contributed by atoms with E-state index in [4.69, 9.17) is 0 Å². The minimum atomic E-state index is -0.442. The average Bonchev–Trinajstić information content (AvgIpc) is 2.65. The van der Waals surface area contributed by atoms with Crippen LogP contribution in [-0.2, 0) is 9.59 Å². The van der Waals surface area contributed by atoms with Crippen molar-refractivity contribution >= 4 is 17.4 Å². The van der Waals surface area contributed by atoms with Crippen LogP contribution in [0.25, 0.3) is 5.76 Å². The Balaban J connectivity index is 2.45. The van der Waals surface area contributed by atoms with Gasteiger partial charge < -0.3 is 10.0 Å². The second-order valence-corrected chi connectivity index (χ2v) is 6.07. The number of carbonyl (C=O) groups excluding carboxylic acids is 2. The van der Waals surface area contributed by atoms with Gasteiger partial charge in [0.15, 0.2) is 5.78 Å². The highest BCUT2D eigenvalue weighted by atomic mass is 16.3. The number of Topliss-reactive ketones (excluding diaryl/α,β-unsaturated/α-hetero) is 1. The molecule has 0 saturated carbocycles. The Morgan fingerprint density at radius 1 is 1.15 bits per heavy atom. The van der Waals surface area contributed by atoms with Gasteiger partial charge in [0.1, 0.15) is 11.3 Å². The van der Waals surface area contributed by atoms with Gasteiger partial charge >= 0.3 is 0 Å². The number of aliphatic hydroxyl groups is 1. The van der Waals surface area contributed by atoms with Gasteiger partial charge in [0.05, 0.1) is 6.54 Å². The number of aryl methyl sites for hydroxylation is 1. The second kappa shape index (κ2) is 4.78. The van der Waals surface area contributed by atoms with E-state index >= 15 is 0 Å². The maximum Gasteiger partial charge on any atom is 0.262 e. The summed E-state index contributed by atoms with van der Waals surface area (Å²) >= 11 is 0. The van der Waals surface area contributed by atoms with Crippen molar-refractivity contribution in [1.29, 1.82) is 0 Å². The van der Waals surface area contributed by atoms with Crippen LogP contribution in [0.2, 0.25) is 0 Å². The number of likely N-dealkylation sites (tertiary alicyclic amines) is 1. The predicted octanol–water partition coefficient (Wildman–Crippen LogP) is 2.47. The molecule has 106 valence electrons. The molecule has 1 aliphatic rings. The lowest BCUT2D eigenvalue weighted by atomic mass is 10.0. The largest absolute Gasteiger partial charge is 0.506 e. The number of hydrogen-bond donors (Lipinski definition) is 1. The molecule has 1 heterocycles. The van der Waals surface area contributed by atoms with E-state index in [1.165, 1.54) is 4.90 Å². The van der Waals surface area contributed by atoms with E-state index in [1.54, 1.807) is 12.1 Å². The summed E-state index contributed by atoms with van der Waals surface area (Å²) < 4.78 is 0. The molecule has 1 fully saturated rings. The number of benzene rings is 1. The molecule has 1 aromatic rings. The number of nitrogens with zero attached hydrogens (tertiary/aromatic N) is 1. The third-order valence-electron chi connectivity index (χ3n) is 3.41. The van der Waals surface area contributed by atoms with Gasteiger partial charge in [0.2, 0.25) is 0 Å². The highest BCUT2D eigenvalue weighted by Crippen LogP contribution is 2.28. The van der Waals surface area contributed by atoms with Crippen LogP contribution in [0.4, 0.5) is 0 Å². The van der Waals surface area contributed by atoms with Crippen molar-refractivity contribution in [2.24, 2.45) is 0 Å². The van der Waals surface area contributed by atoms with Gasteiger partial charge in [-0.05, 0) is 27.7 Å². The van der Waals surface area contributed by atoms with E-state index in [1.807, 2.05) is 39.8 Å². The maximum atomic E-state index is 12.3. The Morgan fingerprint density at radius 2 is 1.70 bits per heavy atom. The molecule has 20 heavy (non-hydrogen) atoms. The first-order valence-electron chi connectivity index (χ1n) is 6.57. The first-order valence-corrected chi connectivity index (χ1v) is 6.57. The summed E-state index contributed by atoms with van der Waals surface area (Å²) in [4.78, 5) is 25.9. The van der Waals surface area contributed by atoms with Crippen LogP contribution >= 0.6 is 0 Å². The van der Waals surface area contributed by atoms with Crippen molar-refractivity contribution in [2.45, 2.75) is 33.2 Å². The number of aliphatic hydroxyl groups excluding tert-OH is 1. The Bertz CT molecular complexity index is 591. The number of carbonyl (C=O) groups is 2. The molecule has 0 radical (unpaired) electrons. The molecule has 0 spiro atoms. The molecule has 1 N–H and O–H groups in total. The summed E-state index contributed by atoms with van der Waals surface area (Å²) in [7, 11) is 0. The molecule has 1 aliphatic heterocycles. The molecular formula is C16H19NO3. The van der Waals surface area contributed by atoms with E-state index in [-0.39, 0.29) is 23.7 Å². The predicted molar refractivity (Wildman–Crippen MR) is 77.2 cm³/mol. The van der Waals surface area contributed by atoms with Crippen LogP contribution in [0.3, 0.4) is 0 Å². The van der Waals surface area contributed by atoms with Gasteiger partial charge in [-0.3, -0.25) is 9.59 Å². The zero-order valence-electron chi connectivity index (χ0n) is 12.2. The molecular weight excluding hydrogens is 254 g/mol. The molecule has 2 rings (SSSR count). The summed E-state index contributed by atoms with van der Waals surface area (Å²) in [5.41, 5.74) is 0.987. The van der Waals surface area contributed by atoms with Crippen molar-refractivity contribution in [2.75, 3.05) is 6.54 Å². The summed E-state index contributed by atoms with van der Waals surface area (Å²) in [6.45, 7) is 7.55. The van der Waals surface area contributed by atoms with Crippen LogP contribution in [0.5, 0.6) is 0 Å².